The molecular weight excluding hydrogens is 446 g/mol. The van der Waals surface area contributed by atoms with E-state index in [0.29, 0.717) is 54.0 Å². The van der Waals surface area contributed by atoms with E-state index < -0.39 is 17.7 Å². The van der Waals surface area contributed by atoms with E-state index in [1.165, 1.54) is 11.0 Å². The summed E-state index contributed by atoms with van der Waals surface area (Å²) in [5.74, 6) is -0.244. The fourth-order valence-electron chi connectivity index (χ4n) is 3.93. The third-order valence-electron chi connectivity index (χ3n) is 5.45. The van der Waals surface area contributed by atoms with E-state index in [1.54, 1.807) is 43.7 Å². The summed E-state index contributed by atoms with van der Waals surface area (Å²) in [5.41, 5.74) is 0.283. The van der Waals surface area contributed by atoms with E-state index in [0.717, 1.165) is 0 Å². The molecule has 4 rings (SSSR count). The molecule has 1 amide bonds. The first-order valence-electron chi connectivity index (χ1n) is 10.6. The molecule has 1 fully saturated rings. The molecule has 33 heavy (non-hydrogen) atoms. The van der Waals surface area contributed by atoms with E-state index >= 15 is 0 Å². The standard InChI is InChI=1S/C24H24ClN3O5/c1-3-32-18-8-6-16(13-17(18)25)22(29)20-21(19-7-5-15(2)33-19)28(24(31)23(20)30)11-4-10-27-12-9-26-14-27/h5-9,12-14,21,29H,3-4,10-11H2,1-2H3/b22-20+. The Hall–Kier alpha value is -3.52. The molecule has 0 bridgehead atoms. The second kappa shape index (κ2) is 9.54. The number of benzene rings is 1. The van der Waals surface area contributed by atoms with Gasteiger partial charge in [-0.3, -0.25) is 9.59 Å². The Bertz CT molecular complexity index is 1200. The maximum absolute atomic E-state index is 13.0. The zero-order valence-electron chi connectivity index (χ0n) is 18.3. The average molecular weight is 470 g/mol. The van der Waals surface area contributed by atoms with E-state index in [1.807, 2.05) is 17.7 Å². The number of halogens is 1. The lowest BCUT2D eigenvalue weighted by atomic mass is 9.99. The lowest BCUT2D eigenvalue weighted by molar-refractivity contribution is -0.140. The van der Waals surface area contributed by atoms with Crippen molar-refractivity contribution in [1.29, 1.82) is 0 Å². The summed E-state index contributed by atoms with van der Waals surface area (Å²) in [4.78, 5) is 31.5. The minimum atomic E-state index is -0.841. The monoisotopic (exact) mass is 469 g/mol. The van der Waals surface area contributed by atoms with Crippen LogP contribution in [0.25, 0.3) is 5.76 Å². The predicted octanol–water partition coefficient (Wildman–Crippen LogP) is 4.35. The van der Waals surface area contributed by atoms with Crippen molar-refractivity contribution in [2.24, 2.45) is 0 Å². The molecular formula is C24H24ClN3O5. The second-order valence-corrected chi connectivity index (χ2v) is 8.08. The zero-order chi connectivity index (χ0) is 23.5. The first-order valence-corrected chi connectivity index (χ1v) is 11.0. The quantitative estimate of drug-likeness (QED) is 0.299. The van der Waals surface area contributed by atoms with Gasteiger partial charge in [-0.2, -0.15) is 0 Å². The highest BCUT2D eigenvalue weighted by Crippen LogP contribution is 2.41. The van der Waals surface area contributed by atoms with E-state index in [4.69, 9.17) is 20.8 Å². The van der Waals surface area contributed by atoms with Crippen LogP contribution >= 0.6 is 11.6 Å². The first-order chi connectivity index (χ1) is 15.9. The van der Waals surface area contributed by atoms with Gasteiger partial charge in [-0.05, 0) is 50.6 Å². The summed E-state index contributed by atoms with van der Waals surface area (Å²) in [7, 11) is 0. The normalized spacial score (nSPS) is 17.7. The summed E-state index contributed by atoms with van der Waals surface area (Å²) in [6.07, 6.45) is 5.79. The number of hydrogen-bond acceptors (Lipinski definition) is 6. The zero-order valence-corrected chi connectivity index (χ0v) is 19.1. The summed E-state index contributed by atoms with van der Waals surface area (Å²) >= 11 is 6.28. The number of aliphatic hydroxyl groups excluding tert-OH is 1. The number of Topliss-reactive ketones (excluding diaryl/α,β-unsaturated/α-hetero) is 1. The van der Waals surface area contributed by atoms with Crippen molar-refractivity contribution in [2.75, 3.05) is 13.2 Å². The van der Waals surface area contributed by atoms with Gasteiger partial charge < -0.3 is 23.7 Å². The number of carbonyl (C=O) groups excluding carboxylic acids is 2. The molecule has 8 nitrogen and oxygen atoms in total. The van der Waals surface area contributed by atoms with Gasteiger partial charge >= 0.3 is 0 Å². The molecule has 1 atom stereocenters. The number of carbonyl (C=O) groups is 2. The Morgan fingerprint density at radius 1 is 1.24 bits per heavy atom. The Morgan fingerprint density at radius 2 is 2.06 bits per heavy atom. The molecule has 3 heterocycles. The molecule has 0 aliphatic carbocycles. The topological polar surface area (TPSA) is 97.8 Å². The molecule has 172 valence electrons. The van der Waals surface area contributed by atoms with Crippen LogP contribution in [0.15, 0.2) is 59.0 Å². The molecule has 1 aliphatic rings. The van der Waals surface area contributed by atoms with E-state index in [-0.39, 0.29) is 11.3 Å². The first kappa shape index (κ1) is 22.7. The number of ether oxygens (including phenoxy) is 1. The number of aromatic nitrogens is 2. The van der Waals surface area contributed by atoms with Gasteiger partial charge in [0.25, 0.3) is 11.7 Å². The average Bonchev–Trinajstić information content (AvgIpc) is 3.52. The van der Waals surface area contributed by atoms with Crippen molar-refractivity contribution in [3.05, 3.63) is 76.7 Å². The fourth-order valence-corrected chi connectivity index (χ4v) is 4.16. The third-order valence-corrected chi connectivity index (χ3v) is 5.75. The van der Waals surface area contributed by atoms with Gasteiger partial charge in [0.05, 0.1) is 23.5 Å². The highest BCUT2D eigenvalue weighted by Gasteiger charge is 2.47. The van der Waals surface area contributed by atoms with Crippen molar-refractivity contribution < 1.29 is 23.8 Å². The van der Waals surface area contributed by atoms with Gasteiger partial charge in [-0.15, -0.1) is 0 Å². The van der Waals surface area contributed by atoms with Crippen LogP contribution in [0.3, 0.4) is 0 Å². The maximum Gasteiger partial charge on any atom is 0.295 e. The Balaban J connectivity index is 1.71. The van der Waals surface area contributed by atoms with Crippen LogP contribution in [0.2, 0.25) is 5.02 Å². The van der Waals surface area contributed by atoms with E-state index in [9.17, 15) is 14.7 Å². The third kappa shape index (κ3) is 4.52. The van der Waals surface area contributed by atoms with Crippen LogP contribution in [0.5, 0.6) is 5.75 Å². The molecule has 1 N–H and O–H groups in total. The number of hydrogen-bond donors (Lipinski definition) is 1. The van der Waals surface area contributed by atoms with Crippen molar-refractivity contribution in [3.8, 4) is 5.75 Å². The van der Waals surface area contributed by atoms with Crippen LogP contribution in [0.4, 0.5) is 0 Å². The molecule has 0 radical (unpaired) electrons. The van der Waals surface area contributed by atoms with Crippen LogP contribution in [0, 0.1) is 6.92 Å². The lowest BCUT2D eigenvalue weighted by Gasteiger charge is -2.23. The number of ketones is 1. The van der Waals surface area contributed by atoms with Crippen molar-refractivity contribution in [1.82, 2.24) is 14.5 Å². The van der Waals surface area contributed by atoms with Crippen molar-refractivity contribution in [3.63, 3.8) is 0 Å². The number of furan rings is 1. The minimum absolute atomic E-state index is 0.0304. The number of rotatable bonds is 8. The molecule has 1 saturated heterocycles. The molecule has 2 aromatic heterocycles. The Kier molecular flexibility index (Phi) is 6.55. The highest BCUT2D eigenvalue weighted by molar-refractivity contribution is 6.46. The van der Waals surface area contributed by atoms with Gasteiger partial charge in [0, 0.05) is 31.0 Å². The fraction of sp³-hybridized carbons (Fsp3) is 0.292. The smallest absolute Gasteiger partial charge is 0.295 e. The van der Waals surface area contributed by atoms with Crippen LogP contribution < -0.4 is 4.74 Å². The number of aryl methyl sites for hydroxylation is 2. The number of imidazole rings is 1. The molecule has 1 aliphatic heterocycles. The predicted molar refractivity (Wildman–Crippen MR) is 122 cm³/mol. The molecule has 0 spiro atoms. The molecule has 3 aromatic rings. The Morgan fingerprint density at radius 3 is 2.70 bits per heavy atom. The Labute approximate surface area is 196 Å². The molecule has 1 aromatic carbocycles. The van der Waals surface area contributed by atoms with Gasteiger partial charge in [-0.1, -0.05) is 11.6 Å². The SMILES string of the molecule is CCOc1ccc(/C(O)=C2\C(=O)C(=O)N(CCCn3ccnc3)C2c2ccc(C)o2)cc1Cl. The summed E-state index contributed by atoms with van der Waals surface area (Å²) in [5, 5.41) is 11.4. The highest BCUT2D eigenvalue weighted by atomic mass is 35.5. The molecule has 0 saturated carbocycles. The van der Waals surface area contributed by atoms with Crippen LogP contribution in [-0.4, -0.2) is 44.4 Å². The number of likely N-dealkylation sites (tertiary alicyclic amines) is 1. The van der Waals surface area contributed by atoms with Gasteiger partial charge in [0.2, 0.25) is 0 Å². The molecule has 1 unspecified atom stereocenters. The second-order valence-electron chi connectivity index (χ2n) is 7.67. The van der Waals surface area contributed by atoms with Crippen molar-refractivity contribution in [2.45, 2.75) is 32.9 Å². The van der Waals surface area contributed by atoms with Gasteiger partial charge in [0.15, 0.2) is 0 Å². The number of amides is 1. The molecule has 9 heteroatoms. The largest absolute Gasteiger partial charge is 0.507 e. The number of nitrogens with zero attached hydrogens (tertiary/aromatic N) is 3. The summed E-state index contributed by atoms with van der Waals surface area (Å²) < 4.78 is 13.1. The van der Waals surface area contributed by atoms with E-state index in [2.05, 4.69) is 4.98 Å². The number of aliphatic hydroxyl groups is 1. The minimum Gasteiger partial charge on any atom is -0.507 e. The lowest BCUT2D eigenvalue weighted by Crippen LogP contribution is -2.31. The maximum atomic E-state index is 13.0. The van der Waals surface area contributed by atoms with Crippen LogP contribution in [0.1, 0.15) is 36.5 Å². The summed E-state index contributed by atoms with van der Waals surface area (Å²) in [6.45, 7) is 4.98. The summed E-state index contributed by atoms with van der Waals surface area (Å²) in [6, 6.07) is 7.37. The van der Waals surface area contributed by atoms with Crippen LogP contribution in [-0.2, 0) is 16.1 Å². The van der Waals surface area contributed by atoms with Gasteiger partial charge in [-0.25, -0.2) is 4.98 Å². The van der Waals surface area contributed by atoms with Gasteiger partial charge in [0.1, 0.15) is 29.1 Å². The van der Waals surface area contributed by atoms with Crippen molar-refractivity contribution >= 4 is 29.1 Å².